The number of carbonyl (C=O) groups excluding carboxylic acids is 2. The Labute approximate surface area is 202 Å². The Hall–Kier alpha value is -3.35. The zero-order chi connectivity index (χ0) is 25.5. The van der Waals surface area contributed by atoms with E-state index in [0.717, 1.165) is 22.3 Å². The number of hydrogen-bond acceptors (Lipinski definition) is 5. The summed E-state index contributed by atoms with van der Waals surface area (Å²) in [6.45, 7) is 14.2. The van der Waals surface area contributed by atoms with E-state index in [1.54, 1.807) is 13.1 Å². The summed E-state index contributed by atoms with van der Waals surface area (Å²) in [4.78, 5) is 24.6. The molecule has 0 radical (unpaired) electrons. The molecule has 0 aliphatic rings. The van der Waals surface area contributed by atoms with Crippen molar-refractivity contribution in [1.29, 1.82) is 0 Å². The third-order valence-electron chi connectivity index (χ3n) is 5.31. The van der Waals surface area contributed by atoms with Crippen molar-refractivity contribution in [3.05, 3.63) is 64.7 Å². The van der Waals surface area contributed by atoms with Crippen molar-refractivity contribution in [2.75, 3.05) is 6.61 Å². The highest BCUT2D eigenvalue weighted by atomic mass is 16.5. The van der Waals surface area contributed by atoms with E-state index in [-0.39, 0.29) is 35.5 Å². The van der Waals surface area contributed by atoms with Gasteiger partial charge >= 0.3 is 6.09 Å². The van der Waals surface area contributed by atoms with E-state index in [1.165, 1.54) is 0 Å². The molecule has 0 unspecified atom stereocenters. The van der Waals surface area contributed by atoms with Gasteiger partial charge < -0.3 is 15.2 Å². The van der Waals surface area contributed by atoms with Gasteiger partial charge in [-0.2, -0.15) is 5.10 Å². The highest BCUT2D eigenvalue weighted by molar-refractivity contribution is 5.84. The van der Waals surface area contributed by atoms with Crippen LogP contribution in [0.1, 0.15) is 83.2 Å². The summed E-state index contributed by atoms with van der Waals surface area (Å²) in [6.07, 6.45) is 0.982. The molecule has 0 fully saturated rings. The zero-order valence-corrected chi connectivity index (χ0v) is 21.2. The minimum atomic E-state index is -0.582. The van der Waals surface area contributed by atoms with Crippen LogP contribution in [0.5, 0.6) is 5.75 Å². The van der Waals surface area contributed by atoms with Crippen LogP contribution in [-0.2, 0) is 20.4 Å². The van der Waals surface area contributed by atoms with Crippen molar-refractivity contribution in [3.8, 4) is 5.75 Å². The van der Waals surface area contributed by atoms with Gasteiger partial charge in [-0.3, -0.25) is 4.79 Å². The molecule has 1 atom stereocenters. The molecule has 7 nitrogen and oxygen atoms in total. The van der Waals surface area contributed by atoms with Gasteiger partial charge in [0.1, 0.15) is 5.75 Å². The van der Waals surface area contributed by atoms with Gasteiger partial charge in [0.25, 0.3) is 0 Å². The minimum absolute atomic E-state index is 0.00374. The SMILES string of the molecule is CCOC(=O)N[C@@H](CC(=O)N/N=C\c1cc(C(C)(C)C)c(O)c(C(C)(C)C)c1)c1ccccc1. The van der Waals surface area contributed by atoms with Crippen LogP contribution in [0.2, 0.25) is 0 Å². The Morgan fingerprint density at radius 1 is 1.03 bits per heavy atom. The lowest BCUT2D eigenvalue weighted by molar-refractivity contribution is -0.121. The molecule has 7 heteroatoms. The number of nitrogens with zero attached hydrogens (tertiary/aromatic N) is 1. The normalized spacial score (nSPS) is 12.9. The number of benzene rings is 2. The number of aromatic hydroxyl groups is 1. The summed E-state index contributed by atoms with van der Waals surface area (Å²) in [5, 5.41) is 17.7. The number of phenols is 1. The van der Waals surface area contributed by atoms with E-state index < -0.39 is 12.1 Å². The lowest BCUT2D eigenvalue weighted by atomic mass is 9.78. The van der Waals surface area contributed by atoms with Crippen molar-refractivity contribution < 1.29 is 19.4 Å². The lowest BCUT2D eigenvalue weighted by Gasteiger charge is -2.27. The van der Waals surface area contributed by atoms with Gasteiger partial charge in [-0.25, -0.2) is 10.2 Å². The summed E-state index contributed by atoms with van der Waals surface area (Å²) in [5.41, 5.74) is 5.21. The molecule has 0 heterocycles. The molecule has 0 saturated carbocycles. The second-order valence-corrected chi connectivity index (χ2v) is 10.3. The Kier molecular flexibility index (Phi) is 8.85. The molecule has 0 aliphatic heterocycles. The summed E-state index contributed by atoms with van der Waals surface area (Å²) in [5.74, 6) is -0.0651. The Morgan fingerprint density at radius 2 is 1.59 bits per heavy atom. The first-order valence-electron chi connectivity index (χ1n) is 11.5. The zero-order valence-electron chi connectivity index (χ0n) is 21.2. The molecule has 2 aromatic rings. The van der Waals surface area contributed by atoms with Gasteiger partial charge in [-0.15, -0.1) is 0 Å². The van der Waals surface area contributed by atoms with Gasteiger partial charge in [-0.1, -0.05) is 71.9 Å². The van der Waals surface area contributed by atoms with Gasteiger partial charge in [-0.05, 0) is 41.0 Å². The molecule has 184 valence electrons. The fraction of sp³-hybridized carbons (Fsp3) is 0.444. The first-order chi connectivity index (χ1) is 15.8. The Morgan fingerprint density at radius 3 is 2.09 bits per heavy atom. The molecule has 2 amide bonds. The van der Waals surface area contributed by atoms with Gasteiger partial charge in [0, 0.05) is 11.1 Å². The van der Waals surface area contributed by atoms with Crippen molar-refractivity contribution >= 4 is 18.2 Å². The summed E-state index contributed by atoms with van der Waals surface area (Å²) in [7, 11) is 0. The van der Waals surface area contributed by atoms with Crippen LogP contribution in [0.4, 0.5) is 4.79 Å². The maximum atomic E-state index is 12.6. The number of phenolic OH excluding ortho intramolecular Hbond substituents is 1. The smallest absolute Gasteiger partial charge is 0.407 e. The standard InChI is InChI=1S/C27H37N3O4/c1-8-34-25(33)29-22(19-12-10-9-11-13-19)16-23(31)30-28-17-18-14-20(26(2,3)4)24(32)21(15-18)27(5,6)7/h9-15,17,22,32H,8,16H2,1-7H3,(H,29,33)(H,30,31)/b28-17-/t22-/m0/s1. The van der Waals surface area contributed by atoms with Crippen LogP contribution in [0, 0.1) is 0 Å². The van der Waals surface area contributed by atoms with Crippen molar-refractivity contribution in [1.82, 2.24) is 10.7 Å². The fourth-order valence-corrected chi connectivity index (χ4v) is 3.54. The molecule has 3 N–H and O–H groups in total. The largest absolute Gasteiger partial charge is 0.507 e. The van der Waals surface area contributed by atoms with Gasteiger partial charge in [0.05, 0.1) is 25.3 Å². The molecule has 0 aromatic heterocycles. The van der Waals surface area contributed by atoms with E-state index in [4.69, 9.17) is 4.74 Å². The van der Waals surface area contributed by atoms with Crippen LogP contribution in [0.3, 0.4) is 0 Å². The van der Waals surface area contributed by atoms with E-state index in [9.17, 15) is 14.7 Å². The third-order valence-corrected chi connectivity index (χ3v) is 5.31. The average molecular weight is 468 g/mol. The second-order valence-electron chi connectivity index (χ2n) is 10.3. The number of ether oxygens (including phenoxy) is 1. The maximum Gasteiger partial charge on any atom is 0.407 e. The fourth-order valence-electron chi connectivity index (χ4n) is 3.54. The molecule has 2 rings (SSSR count). The molecule has 0 spiro atoms. The highest BCUT2D eigenvalue weighted by Gasteiger charge is 2.26. The van der Waals surface area contributed by atoms with Crippen molar-refractivity contribution in [3.63, 3.8) is 0 Å². The average Bonchev–Trinajstić information content (AvgIpc) is 2.73. The van der Waals surface area contributed by atoms with E-state index >= 15 is 0 Å². The summed E-state index contributed by atoms with van der Waals surface area (Å²) in [6, 6.07) is 12.4. The van der Waals surface area contributed by atoms with Gasteiger partial charge in [0.2, 0.25) is 5.91 Å². The van der Waals surface area contributed by atoms with Crippen molar-refractivity contribution in [2.24, 2.45) is 5.10 Å². The van der Waals surface area contributed by atoms with E-state index in [2.05, 4.69) is 15.8 Å². The van der Waals surface area contributed by atoms with Crippen LogP contribution < -0.4 is 10.7 Å². The first kappa shape index (κ1) is 26.9. The second kappa shape index (κ2) is 11.2. The molecule has 2 aromatic carbocycles. The molecule has 0 aliphatic carbocycles. The number of alkyl carbamates (subject to hydrolysis) is 1. The predicted molar refractivity (Wildman–Crippen MR) is 135 cm³/mol. The molecule has 0 bridgehead atoms. The molecular formula is C27H37N3O4. The van der Waals surface area contributed by atoms with Gasteiger partial charge in [0.15, 0.2) is 0 Å². The predicted octanol–water partition coefficient (Wildman–Crippen LogP) is 5.31. The Bertz CT molecular complexity index is 983. The molecule has 0 saturated heterocycles. The lowest BCUT2D eigenvalue weighted by Crippen LogP contribution is -2.33. The molecular weight excluding hydrogens is 430 g/mol. The first-order valence-corrected chi connectivity index (χ1v) is 11.5. The van der Waals surface area contributed by atoms with Crippen LogP contribution >= 0.6 is 0 Å². The monoisotopic (exact) mass is 467 g/mol. The summed E-state index contributed by atoms with van der Waals surface area (Å²) >= 11 is 0. The van der Waals surface area contributed by atoms with Crippen LogP contribution in [0.25, 0.3) is 0 Å². The molecule has 34 heavy (non-hydrogen) atoms. The topological polar surface area (TPSA) is 100 Å². The highest BCUT2D eigenvalue weighted by Crippen LogP contribution is 2.39. The minimum Gasteiger partial charge on any atom is -0.507 e. The number of amides is 2. The number of hydrazone groups is 1. The van der Waals surface area contributed by atoms with E-state index in [0.29, 0.717) is 0 Å². The number of nitrogens with one attached hydrogen (secondary N) is 2. The number of carbonyl (C=O) groups is 2. The third kappa shape index (κ3) is 7.61. The van der Waals surface area contributed by atoms with Crippen LogP contribution in [-0.4, -0.2) is 29.9 Å². The Balaban J connectivity index is 2.20. The number of hydrogen-bond donors (Lipinski definition) is 3. The van der Waals surface area contributed by atoms with Crippen molar-refractivity contribution in [2.45, 2.75) is 71.8 Å². The van der Waals surface area contributed by atoms with Crippen LogP contribution in [0.15, 0.2) is 47.6 Å². The van der Waals surface area contributed by atoms with E-state index in [1.807, 2.05) is 84.0 Å². The number of rotatable bonds is 7. The quantitative estimate of drug-likeness (QED) is 0.379. The maximum absolute atomic E-state index is 12.6. The summed E-state index contributed by atoms with van der Waals surface area (Å²) < 4.78 is 4.97.